The molecule has 2 amide bonds. The summed E-state index contributed by atoms with van der Waals surface area (Å²) in [7, 11) is 0. The van der Waals surface area contributed by atoms with Crippen LogP contribution in [-0.4, -0.2) is 70.8 Å². The third-order valence-corrected chi connectivity index (χ3v) is 6.27. The van der Waals surface area contributed by atoms with Gasteiger partial charge in [0, 0.05) is 74.7 Å². The molecule has 0 radical (unpaired) electrons. The normalized spacial score (nSPS) is 18.4. The monoisotopic (exact) mass is 426 g/mol. The zero-order chi connectivity index (χ0) is 20.9. The zero-order valence-electron chi connectivity index (χ0n) is 17.0. The minimum atomic E-state index is 0.0194. The van der Waals surface area contributed by atoms with Crippen LogP contribution in [0.5, 0.6) is 0 Å². The second-order valence-corrected chi connectivity index (χ2v) is 8.47. The van der Waals surface area contributed by atoms with Crippen LogP contribution in [0.3, 0.4) is 0 Å². The molecule has 2 saturated heterocycles. The number of amides is 2. The number of piperazine rings is 1. The number of carbonyl (C=O) groups excluding carboxylic acids is 2. The van der Waals surface area contributed by atoms with Gasteiger partial charge in [-0.2, -0.15) is 0 Å². The highest BCUT2D eigenvalue weighted by Gasteiger charge is 2.31. The summed E-state index contributed by atoms with van der Waals surface area (Å²) >= 11 is 6.08. The van der Waals surface area contributed by atoms with E-state index in [0.717, 1.165) is 50.6 Å². The first-order valence-electron chi connectivity index (χ1n) is 10.5. The van der Waals surface area contributed by atoms with Crippen LogP contribution in [-0.2, 0) is 11.3 Å². The van der Waals surface area contributed by atoms with Gasteiger partial charge in [-0.05, 0) is 42.7 Å². The molecule has 30 heavy (non-hydrogen) atoms. The molecule has 7 heteroatoms. The van der Waals surface area contributed by atoms with Crippen molar-refractivity contribution in [1.29, 1.82) is 0 Å². The fourth-order valence-corrected chi connectivity index (χ4v) is 4.50. The molecule has 2 aliphatic heterocycles. The maximum atomic E-state index is 13.0. The first-order valence-corrected chi connectivity index (χ1v) is 10.9. The second-order valence-electron chi connectivity index (χ2n) is 8.03. The van der Waals surface area contributed by atoms with Gasteiger partial charge in [0.25, 0.3) is 5.91 Å². The quantitative estimate of drug-likeness (QED) is 0.754. The topological polar surface area (TPSA) is 56.8 Å². The molecule has 2 fully saturated rings. The van der Waals surface area contributed by atoms with E-state index in [1.54, 1.807) is 24.5 Å². The largest absolute Gasteiger partial charge is 0.340 e. The average Bonchev–Trinajstić information content (AvgIpc) is 2.79. The van der Waals surface area contributed by atoms with Crippen molar-refractivity contribution in [1.82, 2.24) is 19.7 Å². The Hall–Kier alpha value is -2.44. The molecule has 0 saturated carbocycles. The Labute approximate surface area is 182 Å². The molecule has 0 N–H and O–H groups in total. The van der Waals surface area contributed by atoms with Gasteiger partial charge in [-0.3, -0.25) is 19.5 Å². The number of likely N-dealkylation sites (tertiary alicyclic amines) is 1. The maximum absolute atomic E-state index is 13.0. The van der Waals surface area contributed by atoms with E-state index in [2.05, 4.69) is 16.0 Å². The number of piperidine rings is 1. The van der Waals surface area contributed by atoms with Gasteiger partial charge < -0.3 is 9.80 Å². The predicted octanol–water partition coefficient (Wildman–Crippen LogP) is 2.93. The molecule has 158 valence electrons. The summed E-state index contributed by atoms with van der Waals surface area (Å²) in [4.78, 5) is 35.7. The second kappa shape index (κ2) is 9.58. The van der Waals surface area contributed by atoms with Gasteiger partial charge in [0.15, 0.2) is 0 Å². The summed E-state index contributed by atoms with van der Waals surface area (Å²) in [6.45, 7) is 5.39. The Balaban J connectivity index is 1.24. The van der Waals surface area contributed by atoms with Gasteiger partial charge >= 0.3 is 0 Å². The van der Waals surface area contributed by atoms with Crippen LogP contribution in [0.4, 0.5) is 0 Å². The molecule has 6 nitrogen and oxygen atoms in total. The van der Waals surface area contributed by atoms with E-state index in [4.69, 9.17) is 11.6 Å². The molecule has 0 spiro atoms. The number of halogens is 1. The van der Waals surface area contributed by atoms with Crippen LogP contribution in [0.15, 0.2) is 48.8 Å². The molecule has 0 unspecified atom stereocenters. The Morgan fingerprint density at radius 3 is 2.30 bits per heavy atom. The highest BCUT2D eigenvalue weighted by atomic mass is 35.5. The standard InChI is InChI=1S/C23H27ClN4O2/c24-21-3-1-2-18(16-21)17-26-12-14-28(15-13-26)23(30)20-6-10-27(11-7-20)22(29)19-4-8-25-9-5-19/h1-5,8-9,16,20H,6-7,10-15,17H2. The first-order chi connectivity index (χ1) is 14.6. The lowest BCUT2D eigenvalue weighted by Gasteiger charge is -2.38. The molecule has 2 aromatic rings. The van der Waals surface area contributed by atoms with Crippen molar-refractivity contribution < 1.29 is 9.59 Å². The van der Waals surface area contributed by atoms with Gasteiger partial charge in [0.2, 0.25) is 5.91 Å². The Kier molecular flexibility index (Phi) is 6.65. The Morgan fingerprint density at radius 1 is 0.933 bits per heavy atom. The predicted molar refractivity (Wildman–Crippen MR) is 116 cm³/mol. The molecule has 2 aliphatic rings. The molecule has 4 rings (SSSR count). The smallest absolute Gasteiger partial charge is 0.253 e. The van der Waals surface area contributed by atoms with Crippen LogP contribution in [0, 0.1) is 5.92 Å². The number of aromatic nitrogens is 1. The molecule has 0 aliphatic carbocycles. The molecular formula is C23H27ClN4O2. The van der Waals surface area contributed by atoms with Gasteiger partial charge in [-0.25, -0.2) is 0 Å². The van der Waals surface area contributed by atoms with Crippen LogP contribution in [0.25, 0.3) is 0 Å². The fourth-order valence-electron chi connectivity index (χ4n) is 4.28. The highest BCUT2D eigenvalue weighted by molar-refractivity contribution is 6.30. The van der Waals surface area contributed by atoms with E-state index in [1.165, 1.54) is 5.56 Å². The van der Waals surface area contributed by atoms with E-state index >= 15 is 0 Å². The number of hydrogen-bond donors (Lipinski definition) is 0. The number of hydrogen-bond acceptors (Lipinski definition) is 4. The fraction of sp³-hybridized carbons (Fsp3) is 0.435. The molecule has 0 atom stereocenters. The van der Waals surface area contributed by atoms with Gasteiger partial charge in [-0.1, -0.05) is 23.7 Å². The lowest BCUT2D eigenvalue weighted by atomic mass is 9.94. The third-order valence-electron chi connectivity index (χ3n) is 6.04. The van der Waals surface area contributed by atoms with E-state index in [1.807, 2.05) is 28.0 Å². The summed E-state index contributed by atoms with van der Waals surface area (Å²) in [5, 5.41) is 0.759. The minimum Gasteiger partial charge on any atom is -0.340 e. The van der Waals surface area contributed by atoms with Crippen molar-refractivity contribution in [2.24, 2.45) is 5.92 Å². The lowest BCUT2D eigenvalue weighted by molar-refractivity contribution is -0.138. The number of pyridine rings is 1. The van der Waals surface area contributed by atoms with Crippen molar-refractivity contribution in [3.05, 3.63) is 64.9 Å². The molecule has 0 bridgehead atoms. The minimum absolute atomic E-state index is 0.0194. The summed E-state index contributed by atoms with van der Waals surface area (Å²) in [5.41, 5.74) is 1.86. The van der Waals surface area contributed by atoms with Crippen molar-refractivity contribution in [3.8, 4) is 0 Å². The Bertz CT molecular complexity index is 876. The van der Waals surface area contributed by atoms with Crippen LogP contribution < -0.4 is 0 Å². The molecular weight excluding hydrogens is 400 g/mol. The molecule has 1 aromatic carbocycles. The van der Waals surface area contributed by atoms with Crippen molar-refractivity contribution >= 4 is 23.4 Å². The van der Waals surface area contributed by atoms with Crippen LogP contribution >= 0.6 is 11.6 Å². The molecule has 1 aromatic heterocycles. The number of nitrogens with zero attached hydrogens (tertiary/aromatic N) is 4. The summed E-state index contributed by atoms with van der Waals surface area (Å²) in [6.07, 6.45) is 4.74. The number of benzene rings is 1. The van der Waals surface area contributed by atoms with E-state index in [-0.39, 0.29) is 17.7 Å². The number of rotatable bonds is 4. The average molecular weight is 427 g/mol. The van der Waals surface area contributed by atoms with Gasteiger partial charge in [0.1, 0.15) is 0 Å². The lowest BCUT2D eigenvalue weighted by Crippen LogP contribution is -2.51. The van der Waals surface area contributed by atoms with Crippen LogP contribution in [0.2, 0.25) is 5.02 Å². The van der Waals surface area contributed by atoms with Gasteiger partial charge in [-0.15, -0.1) is 0 Å². The van der Waals surface area contributed by atoms with Crippen molar-refractivity contribution in [2.75, 3.05) is 39.3 Å². The number of carbonyl (C=O) groups is 2. The highest BCUT2D eigenvalue weighted by Crippen LogP contribution is 2.22. The third kappa shape index (κ3) is 4.99. The summed E-state index contributed by atoms with van der Waals surface area (Å²) in [5.74, 6) is 0.289. The van der Waals surface area contributed by atoms with Crippen molar-refractivity contribution in [2.45, 2.75) is 19.4 Å². The zero-order valence-corrected chi connectivity index (χ0v) is 17.8. The maximum Gasteiger partial charge on any atom is 0.253 e. The Morgan fingerprint density at radius 2 is 1.63 bits per heavy atom. The van der Waals surface area contributed by atoms with E-state index in [9.17, 15) is 9.59 Å². The summed E-state index contributed by atoms with van der Waals surface area (Å²) < 4.78 is 0. The van der Waals surface area contributed by atoms with Crippen molar-refractivity contribution in [3.63, 3.8) is 0 Å². The van der Waals surface area contributed by atoms with Gasteiger partial charge in [0.05, 0.1) is 0 Å². The molecule has 3 heterocycles. The summed E-state index contributed by atoms with van der Waals surface area (Å²) in [6, 6.07) is 11.4. The van der Waals surface area contributed by atoms with E-state index in [0.29, 0.717) is 18.7 Å². The SMILES string of the molecule is O=C(c1ccncc1)N1CCC(C(=O)N2CCN(Cc3cccc(Cl)c3)CC2)CC1. The van der Waals surface area contributed by atoms with E-state index < -0.39 is 0 Å². The first kappa shape index (κ1) is 20.8. The van der Waals surface area contributed by atoms with Crippen LogP contribution in [0.1, 0.15) is 28.8 Å².